The zero-order chi connectivity index (χ0) is 11.2. The van der Waals surface area contributed by atoms with Crippen LogP contribution in [0.2, 0.25) is 0 Å². The summed E-state index contributed by atoms with van der Waals surface area (Å²) < 4.78 is 14.4. The fourth-order valence-electron chi connectivity index (χ4n) is 2.29. The highest BCUT2D eigenvalue weighted by Gasteiger charge is 2.41. The van der Waals surface area contributed by atoms with Gasteiger partial charge in [0.2, 0.25) is 0 Å². The molecule has 0 amide bonds. The Morgan fingerprint density at radius 1 is 1.06 bits per heavy atom. The van der Waals surface area contributed by atoms with Gasteiger partial charge in [-0.05, 0) is 36.1 Å². The Balaban J connectivity index is 1.87. The normalized spacial score (nSPS) is 31.6. The molecule has 0 spiro atoms. The molecule has 1 heterocycles. The van der Waals surface area contributed by atoms with Crippen molar-refractivity contribution in [2.75, 3.05) is 11.5 Å². The van der Waals surface area contributed by atoms with E-state index in [2.05, 4.69) is 0 Å². The topological polar surface area (TPSA) is 26.0 Å². The van der Waals surface area contributed by atoms with Crippen molar-refractivity contribution in [3.8, 4) is 0 Å². The summed E-state index contributed by atoms with van der Waals surface area (Å²) in [7, 11) is 0. The molecule has 1 nitrogen and oxygen atoms in total. The highest BCUT2D eigenvalue weighted by Crippen LogP contribution is 2.44. The quantitative estimate of drug-likeness (QED) is 0.856. The summed E-state index contributed by atoms with van der Waals surface area (Å²) in [6.07, 6.45) is 2.76. The second-order valence-electron chi connectivity index (χ2n) is 5.00. The second kappa shape index (κ2) is 3.47. The third-order valence-corrected chi connectivity index (χ3v) is 4.89. The molecule has 1 saturated heterocycles. The average molecular weight is 237 g/mol. The summed E-state index contributed by atoms with van der Waals surface area (Å²) in [5.41, 5.74) is 6.88. The molecule has 86 valence electrons. The van der Waals surface area contributed by atoms with E-state index < -0.39 is 5.67 Å². The van der Waals surface area contributed by atoms with E-state index in [0.29, 0.717) is 12.2 Å². The van der Waals surface area contributed by atoms with Crippen LogP contribution in [0.1, 0.15) is 30.4 Å². The van der Waals surface area contributed by atoms with Gasteiger partial charge in [0, 0.05) is 11.3 Å². The van der Waals surface area contributed by atoms with Gasteiger partial charge < -0.3 is 5.73 Å². The molecule has 3 rings (SSSR count). The minimum atomic E-state index is -1.10. The van der Waals surface area contributed by atoms with Crippen LogP contribution in [0.4, 0.5) is 4.39 Å². The molecule has 2 fully saturated rings. The molecule has 1 aliphatic heterocycles. The van der Waals surface area contributed by atoms with E-state index in [0.717, 1.165) is 29.7 Å². The molecule has 1 aliphatic carbocycles. The van der Waals surface area contributed by atoms with Gasteiger partial charge in [-0.25, -0.2) is 4.39 Å². The predicted octanol–water partition coefficient (Wildman–Crippen LogP) is 2.94. The van der Waals surface area contributed by atoms with E-state index in [1.54, 1.807) is 11.8 Å². The van der Waals surface area contributed by atoms with Crippen LogP contribution in [0.25, 0.3) is 0 Å². The fourth-order valence-corrected chi connectivity index (χ4v) is 3.54. The third-order valence-electron chi connectivity index (χ3n) is 3.74. The first-order chi connectivity index (χ1) is 7.62. The van der Waals surface area contributed by atoms with E-state index in [4.69, 9.17) is 5.73 Å². The van der Waals surface area contributed by atoms with Crippen LogP contribution < -0.4 is 5.73 Å². The highest BCUT2D eigenvalue weighted by atomic mass is 32.2. The third kappa shape index (κ3) is 1.66. The van der Waals surface area contributed by atoms with Gasteiger partial charge in [-0.1, -0.05) is 24.3 Å². The van der Waals surface area contributed by atoms with Gasteiger partial charge in [0.1, 0.15) is 5.67 Å². The maximum absolute atomic E-state index is 14.4. The van der Waals surface area contributed by atoms with Crippen molar-refractivity contribution in [3.63, 3.8) is 0 Å². The summed E-state index contributed by atoms with van der Waals surface area (Å²) in [5.74, 6) is 1.53. The number of benzene rings is 1. The van der Waals surface area contributed by atoms with E-state index in [1.807, 2.05) is 24.3 Å². The van der Waals surface area contributed by atoms with Gasteiger partial charge in [0.05, 0.1) is 0 Å². The van der Waals surface area contributed by atoms with Gasteiger partial charge in [0.15, 0.2) is 0 Å². The lowest BCUT2D eigenvalue weighted by atomic mass is 9.93. The Hall–Kier alpha value is -0.540. The number of hydrogen-bond donors (Lipinski definition) is 1. The Morgan fingerprint density at radius 3 is 2.19 bits per heavy atom. The van der Waals surface area contributed by atoms with E-state index in [9.17, 15) is 4.39 Å². The molecule has 2 N–H and O–H groups in total. The molecule has 16 heavy (non-hydrogen) atoms. The number of alkyl halides is 1. The van der Waals surface area contributed by atoms with Gasteiger partial charge >= 0.3 is 0 Å². The molecule has 3 heteroatoms. The van der Waals surface area contributed by atoms with Crippen molar-refractivity contribution in [2.24, 2.45) is 5.73 Å². The second-order valence-corrected chi connectivity index (χ2v) is 6.11. The van der Waals surface area contributed by atoms with Crippen molar-refractivity contribution in [1.82, 2.24) is 0 Å². The smallest absolute Gasteiger partial charge is 0.145 e. The van der Waals surface area contributed by atoms with Crippen molar-refractivity contribution >= 4 is 11.8 Å². The highest BCUT2D eigenvalue weighted by molar-refractivity contribution is 7.99. The van der Waals surface area contributed by atoms with Gasteiger partial charge in [-0.15, -0.1) is 0 Å². The monoisotopic (exact) mass is 237 g/mol. The number of rotatable bonds is 2. The minimum absolute atomic E-state index is 0.105. The maximum atomic E-state index is 14.4. The van der Waals surface area contributed by atoms with Crippen LogP contribution in [-0.2, 0) is 11.2 Å². The van der Waals surface area contributed by atoms with Crippen molar-refractivity contribution < 1.29 is 4.39 Å². The first-order valence-corrected chi connectivity index (χ1v) is 6.95. The lowest BCUT2D eigenvalue weighted by molar-refractivity contribution is 0.202. The van der Waals surface area contributed by atoms with Crippen LogP contribution in [0.15, 0.2) is 24.3 Å². The molecule has 1 saturated carbocycles. The molecule has 1 aromatic rings. The zero-order valence-electron chi connectivity index (χ0n) is 9.21. The number of thioether (sulfide) groups is 1. The molecule has 0 aromatic heterocycles. The van der Waals surface area contributed by atoms with E-state index >= 15 is 0 Å². The van der Waals surface area contributed by atoms with Crippen LogP contribution in [0.5, 0.6) is 0 Å². The summed E-state index contributed by atoms with van der Waals surface area (Å²) >= 11 is 1.70. The summed E-state index contributed by atoms with van der Waals surface area (Å²) in [6.45, 7) is 0. The fraction of sp³-hybridized carbons (Fsp3) is 0.538. The molecule has 0 bridgehead atoms. The summed E-state index contributed by atoms with van der Waals surface area (Å²) in [4.78, 5) is 0. The van der Waals surface area contributed by atoms with Crippen LogP contribution in [0.3, 0.4) is 0 Å². The standard InChI is InChI=1S/C13H16FNS/c14-12(7-8-16-9-12)10-1-3-11(4-2-10)13(15)5-6-13/h1-4H,5-9,15H2. The van der Waals surface area contributed by atoms with Crippen LogP contribution in [-0.4, -0.2) is 11.5 Å². The minimum Gasteiger partial charge on any atom is -0.321 e. The van der Waals surface area contributed by atoms with Crippen molar-refractivity contribution in [2.45, 2.75) is 30.5 Å². The van der Waals surface area contributed by atoms with E-state index in [1.165, 1.54) is 0 Å². The molecule has 1 unspecified atom stereocenters. The Kier molecular flexibility index (Phi) is 2.30. The lowest BCUT2D eigenvalue weighted by Crippen LogP contribution is -2.21. The van der Waals surface area contributed by atoms with Crippen molar-refractivity contribution in [1.29, 1.82) is 0 Å². The molecule has 2 aliphatic rings. The Morgan fingerprint density at radius 2 is 1.69 bits per heavy atom. The van der Waals surface area contributed by atoms with Gasteiger partial charge in [0.25, 0.3) is 0 Å². The first kappa shape index (κ1) is 10.6. The molecule has 1 atom stereocenters. The lowest BCUT2D eigenvalue weighted by Gasteiger charge is -2.19. The van der Waals surface area contributed by atoms with Crippen LogP contribution in [0, 0.1) is 0 Å². The van der Waals surface area contributed by atoms with Crippen molar-refractivity contribution in [3.05, 3.63) is 35.4 Å². The summed E-state index contributed by atoms with van der Waals surface area (Å²) in [6, 6.07) is 7.86. The molecule has 0 radical (unpaired) electrons. The predicted molar refractivity (Wildman–Crippen MR) is 66.3 cm³/mol. The number of halogens is 1. The van der Waals surface area contributed by atoms with Gasteiger partial charge in [-0.2, -0.15) is 11.8 Å². The summed E-state index contributed by atoms with van der Waals surface area (Å²) in [5, 5.41) is 0. The first-order valence-electron chi connectivity index (χ1n) is 5.79. The maximum Gasteiger partial charge on any atom is 0.145 e. The van der Waals surface area contributed by atoms with Crippen LogP contribution >= 0.6 is 11.8 Å². The van der Waals surface area contributed by atoms with E-state index in [-0.39, 0.29) is 5.54 Å². The Bertz CT molecular complexity index is 391. The Labute approximate surface area is 99.6 Å². The average Bonchev–Trinajstić information content (AvgIpc) is 2.89. The van der Waals surface area contributed by atoms with Gasteiger partial charge in [-0.3, -0.25) is 0 Å². The zero-order valence-corrected chi connectivity index (χ0v) is 10.0. The molecular weight excluding hydrogens is 221 g/mol. The SMILES string of the molecule is NC1(c2ccc(C3(F)CCSC3)cc2)CC1. The number of nitrogens with two attached hydrogens (primary N) is 1. The molecule has 1 aromatic carbocycles. The number of hydrogen-bond acceptors (Lipinski definition) is 2. The largest absolute Gasteiger partial charge is 0.321 e. The molecular formula is C13H16FNS.